The molecule has 0 fully saturated rings. The number of nitrogens with two attached hydrogens (primary N) is 1. The molecule has 1 aliphatic rings. The number of rotatable bonds is 0. The Morgan fingerprint density at radius 3 is 3.25 bits per heavy atom. The van der Waals surface area contributed by atoms with E-state index in [-0.39, 0.29) is 5.38 Å². The molecule has 3 N–H and O–H groups in total. The number of H-pyrrole nitrogens is 1. The first-order valence-corrected chi connectivity index (χ1v) is 4.27. The first-order valence-electron chi connectivity index (χ1n) is 3.84. The van der Waals surface area contributed by atoms with Gasteiger partial charge < -0.3 is 10.7 Å². The molecule has 12 heavy (non-hydrogen) atoms. The highest BCUT2D eigenvalue weighted by Gasteiger charge is 2.19. The lowest BCUT2D eigenvalue weighted by Gasteiger charge is -2.12. The molecule has 4 heteroatoms. The first kappa shape index (κ1) is 7.68. The summed E-state index contributed by atoms with van der Waals surface area (Å²) in [7, 11) is 0. The number of aryl methyl sites for hydroxylation is 1. The minimum atomic E-state index is -0.00245. The van der Waals surface area contributed by atoms with E-state index in [1.807, 2.05) is 13.0 Å². The van der Waals surface area contributed by atoms with E-state index in [1.54, 1.807) is 0 Å². The highest BCUT2D eigenvalue weighted by Crippen LogP contribution is 2.23. The predicted octanol–water partition coefficient (Wildman–Crippen LogP) is 1.18. The van der Waals surface area contributed by atoms with Gasteiger partial charge in [0.15, 0.2) is 0 Å². The molecular formula is C8H10ClN3. The SMILES string of the molecule is Cc1nc2c([nH]1)CC(Cl)C=C2N. The smallest absolute Gasteiger partial charge is 0.107 e. The van der Waals surface area contributed by atoms with Gasteiger partial charge >= 0.3 is 0 Å². The van der Waals surface area contributed by atoms with Crippen molar-refractivity contribution in [1.29, 1.82) is 0 Å². The maximum atomic E-state index is 5.94. The van der Waals surface area contributed by atoms with Crippen LogP contribution in [0.25, 0.3) is 5.70 Å². The monoisotopic (exact) mass is 183 g/mol. The zero-order valence-corrected chi connectivity index (χ0v) is 7.52. The first-order chi connectivity index (χ1) is 5.66. The fourth-order valence-corrected chi connectivity index (χ4v) is 1.74. The van der Waals surface area contributed by atoms with Gasteiger partial charge in [-0.1, -0.05) is 0 Å². The van der Waals surface area contributed by atoms with Gasteiger partial charge in [0.05, 0.1) is 11.1 Å². The summed E-state index contributed by atoms with van der Waals surface area (Å²) in [4.78, 5) is 7.40. The third kappa shape index (κ3) is 1.10. The van der Waals surface area contributed by atoms with Gasteiger partial charge in [0, 0.05) is 12.1 Å². The van der Waals surface area contributed by atoms with E-state index in [9.17, 15) is 0 Å². The summed E-state index contributed by atoms with van der Waals surface area (Å²) < 4.78 is 0. The van der Waals surface area contributed by atoms with Crippen molar-refractivity contribution in [3.05, 3.63) is 23.3 Å². The van der Waals surface area contributed by atoms with Crippen molar-refractivity contribution in [2.75, 3.05) is 0 Å². The van der Waals surface area contributed by atoms with Crippen molar-refractivity contribution in [2.45, 2.75) is 18.7 Å². The Labute approximate surface area is 75.6 Å². The van der Waals surface area contributed by atoms with E-state index >= 15 is 0 Å². The molecule has 0 aliphatic heterocycles. The van der Waals surface area contributed by atoms with Crippen LogP contribution in [-0.4, -0.2) is 15.3 Å². The zero-order chi connectivity index (χ0) is 8.72. The lowest BCUT2D eigenvalue weighted by atomic mass is 10.1. The average Bonchev–Trinajstić information content (AvgIpc) is 2.29. The third-order valence-electron chi connectivity index (χ3n) is 1.93. The van der Waals surface area contributed by atoms with Gasteiger partial charge in [-0.25, -0.2) is 4.98 Å². The quantitative estimate of drug-likeness (QED) is 0.594. The van der Waals surface area contributed by atoms with Crippen molar-refractivity contribution >= 4 is 17.3 Å². The molecule has 0 bridgehead atoms. The topological polar surface area (TPSA) is 54.7 Å². The highest BCUT2D eigenvalue weighted by molar-refractivity contribution is 6.22. The standard InChI is InChI=1S/C8H10ClN3/c1-4-11-7-3-5(9)2-6(10)8(7)12-4/h2,5H,3,10H2,1H3,(H,11,12). The number of aromatic nitrogens is 2. The van der Waals surface area contributed by atoms with Crippen LogP contribution in [0.5, 0.6) is 0 Å². The van der Waals surface area contributed by atoms with Crippen molar-refractivity contribution in [1.82, 2.24) is 9.97 Å². The number of hydrogen-bond acceptors (Lipinski definition) is 2. The Balaban J connectivity index is 2.51. The number of hydrogen-bond donors (Lipinski definition) is 2. The van der Waals surface area contributed by atoms with Gasteiger partial charge in [0.25, 0.3) is 0 Å². The summed E-state index contributed by atoms with van der Waals surface area (Å²) in [6.07, 6.45) is 2.63. The predicted molar refractivity (Wildman–Crippen MR) is 48.8 cm³/mol. The maximum Gasteiger partial charge on any atom is 0.107 e. The van der Waals surface area contributed by atoms with E-state index in [1.165, 1.54) is 0 Å². The Bertz CT molecular complexity index is 340. The van der Waals surface area contributed by atoms with Crippen molar-refractivity contribution in [3.8, 4) is 0 Å². The number of imidazole rings is 1. The summed E-state index contributed by atoms with van der Waals surface area (Å²) in [5, 5.41) is -0.00245. The van der Waals surface area contributed by atoms with E-state index < -0.39 is 0 Å². The molecule has 0 saturated carbocycles. The molecule has 0 saturated heterocycles. The van der Waals surface area contributed by atoms with Crippen LogP contribution >= 0.6 is 11.6 Å². The van der Waals surface area contributed by atoms with E-state index in [4.69, 9.17) is 17.3 Å². The van der Waals surface area contributed by atoms with Gasteiger partial charge in [0.2, 0.25) is 0 Å². The van der Waals surface area contributed by atoms with Crippen molar-refractivity contribution < 1.29 is 0 Å². The van der Waals surface area contributed by atoms with Crippen molar-refractivity contribution in [2.24, 2.45) is 5.73 Å². The molecule has 1 aromatic heterocycles. The lowest BCUT2D eigenvalue weighted by Crippen LogP contribution is -2.13. The highest BCUT2D eigenvalue weighted by atomic mass is 35.5. The molecule has 0 amide bonds. The zero-order valence-electron chi connectivity index (χ0n) is 6.76. The van der Waals surface area contributed by atoms with Crippen LogP contribution in [0.15, 0.2) is 6.08 Å². The Kier molecular flexibility index (Phi) is 1.61. The molecule has 1 heterocycles. The largest absolute Gasteiger partial charge is 0.397 e. The maximum absolute atomic E-state index is 5.94. The van der Waals surface area contributed by atoms with Crippen LogP contribution in [0, 0.1) is 6.92 Å². The number of nitrogens with one attached hydrogen (secondary N) is 1. The van der Waals surface area contributed by atoms with E-state index in [0.717, 1.165) is 23.6 Å². The lowest BCUT2D eigenvalue weighted by molar-refractivity contribution is 0.935. The molecule has 1 aromatic rings. The van der Waals surface area contributed by atoms with Gasteiger partial charge in [0.1, 0.15) is 11.5 Å². The minimum absolute atomic E-state index is 0.00245. The molecule has 2 rings (SSSR count). The third-order valence-corrected chi connectivity index (χ3v) is 2.21. The molecule has 3 nitrogen and oxygen atoms in total. The summed E-state index contributed by atoms with van der Waals surface area (Å²) in [5.74, 6) is 0.891. The van der Waals surface area contributed by atoms with Crippen LogP contribution in [0.1, 0.15) is 17.2 Å². The number of alkyl halides is 1. The summed E-state index contributed by atoms with van der Waals surface area (Å²) in [6.45, 7) is 1.91. The molecule has 0 aromatic carbocycles. The number of halogens is 1. The molecule has 64 valence electrons. The second-order valence-electron chi connectivity index (χ2n) is 2.99. The number of aromatic amines is 1. The van der Waals surface area contributed by atoms with E-state index in [0.29, 0.717) is 5.70 Å². The van der Waals surface area contributed by atoms with Gasteiger partial charge in [-0.2, -0.15) is 0 Å². The van der Waals surface area contributed by atoms with Crippen LogP contribution in [0.4, 0.5) is 0 Å². The number of nitrogens with zero attached hydrogens (tertiary/aromatic N) is 1. The van der Waals surface area contributed by atoms with Crippen LogP contribution in [0.2, 0.25) is 0 Å². The minimum Gasteiger partial charge on any atom is -0.397 e. The van der Waals surface area contributed by atoms with Gasteiger partial charge in [-0.3, -0.25) is 0 Å². The molecular weight excluding hydrogens is 174 g/mol. The molecule has 0 spiro atoms. The summed E-state index contributed by atoms with van der Waals surface area (Å²) in [6, 6.07) is 0. The van der Waals surface area contributed by atoms with Crippen LogP contribution in [0.3, 0.4) is 0 Å². The van der Waals surface area contributed by atoms with Crippen LogP contribution in [-0.2, 0) is 6.42 Å². The van der Waals surface area contributed by atoms with Crippen LogP contribution < -0.4 is 5.73 Å². The average molecular weight is 184 g/mol. The van der Waals surface area contributed by atoms with Crippen molar-refractivity contribution in [3.63, 3.8) is 0 Å². The normalized spacial score (nSPS) is 21.8. The molecule has 0 radical (unpaired) electrons. The Morgan fingerprint density at radius 2 is 2.50 bits per heavy atom. The van der Waals surface area contributed by atoms with Gasteiger partial charge in [-0.05, 0) is 13.0 Å². The summed E-state index contributed by atoms with van der Waals surface area (Å²) in [5.41, 5.74) is 8.34. The summed E-state index contributed by atoms with van der Waals surface area (Å²) >= 11 is 5.94. The second kappa shape index (κ2) is 2.52. The number of allylic oxidation sites excluding steroid dienone is 1. The molecule has 1 unspecified atom stereocenters. The van der Waals surface area contributed by atoms with Gasteiger partial charge in [-0.15, -0.1) is 11.6 Å². The second-order valence-corrected chi connectivity index (χ2v) is 3.55. The Morgan fingerprint density at radius 1 is 1.75 bits per heavy atom. The Hall–Kier alpha value is -0.960. The molecule has 1 aliphatic carbocycles. The molecule has 1 atom stereocenters. The number of fused-ring (bicyclic) bond motifs is 1. The fourth-order valence-electron chi connectivity index (χ4n) is 1.45. The fraction of sp³-hybridized carbons (Fsp3) is 0.375. The van der Waals surface area contributed by atoms with E-state index in [2.05, 4.69) is 9.97 Å².